The van der Waals surface area contributed by atoms with Crippen LogP contribution in [0.15, 0.2) is 12.1 Å². The van der Waals surface area contributed by atoms with Crippen LogP contribution in [0.3, 0.4) is 0 Å². The number of halogens is 1. The Morgan fingerprint density at radius 3 is 2.60 bits per heavy atom. The second kappa shape index (κ2) is 5.61. The summed E-state index contributed by atoms with van der Waals surface area (Å²) in [5, 5.41) is 8.98. The highest BCUT2D eigenvalue weighted by Crippen LogP contribution is 2.45. The maximum Gasteiger partial charge on any atom is 0.338 e. The summed E-state index contributed by atoms with van der Waals surface area (Å²) in [7, 11) is 1.26. The Kier molecular flexibility index (Phi) is 4.06. The molecule has 0 aliphatic heterocycles. The molecule has 0 heterocycles. The molecule has 1 aliphatic carbocycles. The van der Waals surface area contributed by atoms with Crippen molar-refractivity contribution in [1.29, 1.82) is 0 Å². The van der Waals surface area contributed by atoms with E-state index in [1.165, 1.54) is 19.2 Å². The molecule has 20 heavy (non-hydrogen) atoms. The molecule has 0 radical (unpaired) electrons. The number of hydrogen-bond donors (Lipinski definition) is 1. The number of carboxylic acids is 1. The highest BCUT2D eigenvalue weighted by Gasteiger charge is 2.35. The molecule has 108 valence electrons. The Morgan fingerprint density at radius 1 is 1.45 bits per heavy atom. The van der Waals surface area contributed by atoms with Crippen molar-refractivity contribution in [2.45, 2.75) is 32.1 Å². The van der Waals surface area contributed by atoms with E-state index in [0.717, 1.165) is 12.8 Å². The van der Waals surface area contributed by atoms with Gasteiger partial charge in [0.25, 0.3) is 0 Å². The molecule has 1 aromatic carbocycles. The number of methoxy groups -OCH3 is 1. The van der Waals surface area contributed by atoms with Crippen molar-refractivity contribution < 1.29 is 23.8 Å². The van der Waals surface area contributed by atoms with E-state index < -0.39 is 17.8 Å². The van der Waals surface area contributed by atoms with E-state index in [2.05, 4.69) is 4.74 Å². The maximum atomic E-state index is 14.1. The van der Waals surface area contributed by atoms with Crippen molar-refractivity contribution in [2.75, 3.05) is 7.11 Å². The van der Waals surface area contributed by atoms with Gasteiger partial charge < -0.3 is 9.84 Å². The normalized spacial score (nSPS) is 15.8. The third-order valence-corrected chi connectivity index (χ3v) is 3.73. The lowest BCUT2D eigenvalue weighted by Gasteiger charge is -2.17. The molecule has 0 bridgehead atoms. The highest BCUT2D eigenvalue weighted by molar-refractivity contribution is 5.91. The van der Waals surface area contributed by atoms with Crippen LogP contribution in [-0.4, -0.2) is 24.2 Å². The summed E-state index contributed by atoms with van der Waals surface area (Å²) in [6.07, 6.45) is 1.68. The summed E-state index contributed by atoms with van der Waals surface area (Å²) in [5.74, 6) is -2.13. The first kappa shape index (κ1) is 14.5. The molecule has 1 aromatic rings. The van der Waals surface area contributed by atoms with E-state index in [1.807, 2.05) is 0 Å². The second-order valence-electron chi connectivity index (χ2n) is 5.22. The molecular formula is C15H17FO4. The Bertz CT molecular complexity index is 549. The molecule has 5 heteroatoms. The molecule has 1 fully saturated rings. The average molecular weight is 280 g/mol. The molecule has 4 nitrogen and oxygen atoms in total. The molecule has 0 aromatic heterocycles. The number of aryl methyl sites for hydroxylation is 1. The largest absolute Gasteiger partial charge is 0.481 e. The van der Waals surface area contributed by atoms with Gasteiger partial charge in [0.1, 0.15) is 5.82 Å². The summed E-state index contributed by atoms with van der Waals surface area (Å²) in [4.78, 5) is 22.6. The van der Waals surface area contributed by atoms with Crippen LogP contribution < -0.4 is 0 Å². The van der Waals surface area contributed by atoms with Crippen molar-refractivity contribution in [3.8, 4) is 0 Å². The van der Waals surface area contributed by atoms with Crippen LogP contribution in [0.25, 0.3) is 0 Å². The number of ether oxygens (including phenoxy) is 1. The lowest BCUT2D eigenvalue weighted by atomic mass is 9.88. The highest BCUT2D eigenvalue weighted by atomic mass is 19.1. The molecule has 0 spiro atoms. The number of rotatable bonds is 5. The van der Waals surface area contributed by atoms with Gasteiger partial charge in [-0.05, 0) is 48.9 Å². The van der Waals surface area contributed by atoms with Crippen LogP contribution in [0, 0.1) is 18.7 Å². The zero-order valence-electron chi connectivity index (χ0n) is 11.5. The summed E-state index contributed by atoms with van der Waals surface area (Å²) in [6.45, 7) is 1.63. The number of carboxylic acid groups (broad SMARTS) is 1. The van der Waals surface area contributed by atoms with Crippen LogP contribution in [0.2, 0.25) is 0 Å². The standard InChI is InChI=1S/C15H17FO4/c1-8-5-13(16)12(6-10(8)15(19)20-2)11(7-14(17)18)9-3-4-9/h5-6,9,11H,3-4,7H2,1-2H3,(H,17,18). The van der Waals surface area contributed by atoms with Gasteiger partial charge in [0.05, 0.1) is 19.1 Å². The van der Waals surface area contributed by atoms with Crippen LogP contribution in [0.4, 0.5) is 4.39 Å². The SMILES string of the molecule is COC(=O)c1cc(C(CC(=O)O)C2CC2)c(F)cc1C. The minimum Gasteiger partial charge on any atom is -0.481 e. The number of carbonyl (C=O) groups is 2. The summed E-state index contributed by atoms with van der Waals surface area (Å²) in [5.41, 5.74) is 1.09. The monoisotopic (exact) mass is 280 g/mol. The molecule has 1 N–H and O–H groups in total. The molecule has 0 saturated heterocycles. The first-order valence-electron chi connectivity index (χ1n) is 6.54. The van der Waals surface area contributed by atoms with Crippen molar-refractivity contribution >= 4 is 11.9 Å². The third kappa shape index (κ3) is 2.98. The van der Waals surface area contributed by atoms with Gasteiger partial charge in [-0.15, -0.1) is 0 Å². The third-order valence-electron chi connectivity index (χ3n) is 3.73. The van der Waals surface area contributed by atoms with E-state index in [-0.39, 0.29) is 18.3 Å². The molecule has 1 saturated carbocycles. The summed E-state index contributed by atoms with van der Waals surface area (Å²) >= 11 is 0. The molecule has 2 rings (SSSR count). The van der Waals surface area contributed by atoms with Gasteiger partial charge in [-0.1, -0.05) is 0 Å². The Labute approximate surface area is 116 Å². The van der Waals surface area contributed by atoms with Crippen LogP contribution in [0.1, 0.15) is 46.7 Å². The Hall–Kier alpha value is -1.91. The van der Waals surface area contributed by atoms with Gasteiger partial charge in [0, 0.05) is 5.92 Å². The Balaban J connectivity index is 2.43. The Morgan fingerprint density at radius 2 is 2.10 bits per heavy atom. The van der Waals surface area contributed by atoms with Crippen molar-refractivity contribution in [1.82, 2.24) is 0 Å². The van der Waals surface area contributed by atoms with Crippen molar-refractivity contribution in [3.05, 3.63) is 34.6 Å². The van der Waals surface area contributed by atoms with Gasteiger partial charge in [0.2, 0.25) is 0 Å². The summed E-state index contributed by atoms with van der Waals surface area (Å²) in [6, 6.07) is 2.72. The fourth-order valence-corrected chi connectivity index (χ4v) is 2.52. The number of esters is 1. The number of hydrogen-bond acceptors (Lipinski definition) is 3. The van der Waals surface area contributed by atoms with E-state index in [1.54, 1.807) is 6.92 Å². The zero-order valence-corrected chi connectivity index (χ0v) is 11.5. The first-order valence-corrected chi connectivity index (χ1v) is 6.54. The van der Waals surface area contributed by atoms with Crippen molar-refractivity contribution in [3.63, 3.8) is 0 Å². The lowest BCUT2D eigenvalue weighted by Crippen LogP contribution is -2.13. The number of benzene rings is 1. The van der Waals surface area contributed by atoms with Gasteiger partial charge in [0.15, 0.2) is 0 Å². The molecule has 0 amide bonds. The fraction of sp³-hybridized carbons (Fsp3) is 0.467. The lowest BCUT2D eigenvalue weighted by molar-refractivity contribution is -0.137. The van der Waals surface area contributed by atoms with Gasteiger partial charge in [-0.25, -0.2) is 9.18 Å². The van der Waals surface area contributed by atoms with E-state index in [4.69, 9.17) is 5.11 Å². The summed E-state index contributed by atoms with van der Waals surface area (Å²) < 4.78 is 18.8. The predicted molar refractivity (Wildman–Crippen MR) is 70.2 cm³/mol. The fourth-order valence-electron chi connectivity index (χ4n) is 2.52. The predicted octanol–water partition coefficient (Wildman–Crippen LogP) is 2.89. The van der Waals surface area contributed by atoms with Crippen LogP contribution in [0.5, 0.6) is 0 Å². The maximum absolute atomic E-state index is 14.1. The van der Waals surface area contributed by atoms with Crippen LogP contribution in [-0.2, 0) is 9.53 Å². The topological polar surface area (TPSA) is 63.6 Å². The molecule has 1 aliphatic rings. The van der Waals surface area contributed by atoms with Crippen molar-refractivity contribution in [2.24, 2.45) is 5.92 Å². The van der Waals surface area contributed by atoms with Gasteiger partial charge in [-0.3, -0.25) is 4.79 Å². The molecule has 1 atom stereocenters. The van der Waals surface area contributed by atoms with Crippen LogP contribution >= 0.6 is 0 Å². The number of aliphatic carboxylic acids is 1. The second-order valence-corrected chi connectivity index (χ2v) is 5.22. The van der Waals surface area contributed by atoms with E-state index in [9.17, 15) is 14.0 Å². The molecular weight excluding hydrogens is 263 g/mol. The van der Waals surface area contributed by atoms with E-state index >= 15 is 0 Å². The quantitative estimate of drug-likeness (QED) is 0.842. The smallest absolute Gasteiger partial charge is 0.338 e. The molecule has 1 unspecified atom stereocenters. The first-order chi connectivity index (χ1) is 9.43. The number of carbonyl (C=O) groups excluding carboxylic acids is 1. The van der Waals surface area contributed by atoms with Gasteiger partial charge in [-0.2, -0.15) is 0 Å². The zero-order chi connectivity index (χ0) is 14.9. The van der Waals surface area contributed by atoms with E-state index in [0.29, 0.717) is 16.7 Å². The van der Waals surface area contributed by atoms with Gasteiger partial charge >= 0.3 is 11.9 Å². The minimum absolute atomic E-state index is 0.120. The average Bonchev–Trinajstić information content (AvgIpc) is 3.20. The minimum atomic E-state index is -0.957.